The maximum absolute atomic E-state index is 13.3. The molecule has 2 aromatic rings. The van der Waals surface area contributed by atoms with Crippen LogP contribution in [0.5, 0.6) is 0 Å². The first-order valence-corrected chi connectivity index (χ1v) is 12.8. The number of nitrogens with one attached hydrogen (secondary N) is 2. The Bertz CT molecular complexity index is 1060. The molecule has 1 aliphatic carbocycles. The number of nitrogens with zero attached hydrogens (tertiary/aromatic N) is 3. The number of amides is 3. The molecular weight excluding hydrogens is 442 g/mol. The molecule has 1 saturated carbocycles. The van der Waals surface area contributed by atoms with Gasteiger partial charge in [-0.3, -0.25) is 19.1 Å². The first kappa shape index (κ1) is 24.9. The third kappa shape index (κ3) is 5.57. The van der Waals surface area contributed by atoms with E-state index < -0.39 is 5.54 Å². The Morgan fingerprint density at radius 1 is 1.14 bits per heavy atom. The number of likely N-dealkylation sites (N-methyl/N-ethyl adjacent to an activating group) is 1. The van der Waals surface area contributed by atoms with Crippen LogP contribution in [0.3, 0.4) is 0 Å². The molecule has 8 heteroatoms. The molecule has 0 spiro atoms. The first-order valence-electron chi connectivity index (χ1n) is 12.8. The number of hydrogen-bond acceptors (Lipinski definition) is 4. The second-order valence-electron chi connectivity index (χ2n) is 10.3. The highest BCUT2D eigenvalue weighted by Gasteiger charge is 2.46. The minimum Gasteiger partial charge on any atom is -0.351 e. The summed E-state index contributed by atoms with van der Waals surface area (Å²) in [6.45, 7) is 3.94. The highest BCUT2D eigenvalue weighted by molar-refractivity contribution is 6.01. The van der Waals surface area contributed by atoms with Crippen LogP contribution in [0.15, 0.2) is 36.4 Å². The summed E-state index contributed by atoms with van der Waals surface area (Å²) in [7, 11) is 1.65. The normalized spacial score (nSPS) is 21.7. The highest BCUT2D eigenvalue weighted by Crippen LogP contribution is 2.27. The van der Waals surface area contributed by atoms with E-state index in [0.717, 1.165) is 38.5 Å². The molecule has 0 bridgehead atoms. The molecule has 4 rings (SSSR count). The van der Waals surface area contributed by atoms with Crippen molar-refractivity contribution in [2.75, 3.05) is 7.05 Å². The van der Waals surface area contributed by atoms with Crippen molar-refractivity contribution in [1.82, 2.24) is 25.3 Å². The van der Waals surface area contributed by atoms with Crippen molar-refractivity contribution in [1.29, 1.82) is 0 Å². The molecule has 1 aliphatic heterocycles. The van der Waals surface area contributed by atoms with Crippen LogP contribution in [-0.2, 0) is 17.8 Å². The van der Waals surface area contributed by atoms with Crippen LogP contribution in [0.1, 0.15) is 85.3 Å². The van der Waals surface area contributed by atoms with E-state index in [1.165, 1.54) is 34.1 Å². The Kier molecular flexibility index (Phi) is 7.57. The van der Waals surface area contributed by atoms with Crippen LogP contribution >= 0.6 is 0 Å². The average Bonchev–Trinajstić information content (AvgIpc) is 3.10. The zero-order valence-corrected chi connectivity index (χ0v) is 21.0. The lowest BCUT2D eigenvalue weighted by Crippen LogP contribution is -2.63. The molecule has 3 amide bonds. The lowest BCUT2D eigenvalue weighted by atomic mass is 9.95. The summed E-state index contributed by atoms with van der Waals surface area (Å²) in [5.41, 5.74) is 0.677. The number of rotatable bonds is 7. The highest BCUT2D eigenvalue weighted by atomic mass is 16.2. The zero-order valence-electron chi connectivity index (χ0n) is 21.0. The number of aromatic nitrogens is 2. The Morgan fingerprint density at radius 2 is 1.83 bits per heavy atom. The van der Waals surface area contributed by atoms with Gasteiger partial charge in [0.15, 0.2) is 5.69 Å². The van der Waals surface area contributed by atoms with Gasteiger partial charge in [-0.2, -0.15) is 5.10 Å². The van der Waals surface area contributed by atoms with Crippen LogP contribution < -0.4 is 10.6 Å². The van der Waals surface area contributed by atoms with Gasteiger partial charge in [-0.25, -0.2) is 0 Å². The number of fused-ring (bicyclic) bond motifs is 1. The van der Waals surface area contributed by atoms with Crippen LogP contribution in [-0.4, -0.2) is 57.1 Å². The van der Waals surface area contributed by atoms with Crippen LogP contribution in [0.4, 0.5) is 0 Å². The number of benzene rings is 1. The van der Waals surface area contributed by atoms with Crippen molar-refractivity contribution >= 4 is 17.7 Å². The molecule has 2 heterocycles. The molecule has 0 radical (unpaired) electrons. The Hall–Kier alpha value is -3.16. The fourth-order valence-corrected chi connectivity index (χ4v) is 5.00. The first-order chi connectivity index (χ1) is 16.8. The molecule has 2 aliphatic rings. The van der Waals surface area contributed by atoms with Crippen LogP contribution in [0, 0.1) is 0 Å². The SMILES string of the molecule is C[C@H](CCc1ccccc1)NC(=O)c1cc2n(n1)C[C@](C)(C(=O)NC1CCCCCC1)N(C)C2=O. The number of carbonyl (C=O) groups is 3. The zero-order chi connectivity index (χ0) is 25.0. The largest absolute Gasteiger partial charge is 0.351 e. The van der Waals surface area contributed by atoms with E-state index in [1.807, 2.05) is 25.1 Å². The Morgan fingerprint density at radius 3 is 2.51 bits per heavy atom. The molecule has 188 valence electrons. The summed E-state index contributed by atoms with van der Waals surface area (Å²) >= 11 is 0. The monoisotopic (exact) mass is 479 g/mol. The summed E-state index contributed by atoms with van der Waals surface area (Å²) in [6.07, 6.45) is 8.23. The van der Waals surface area contributed by atoms with Crippen molar-refractivity contribution < 1.29 is 14.4 Å². The molecule has 0 unspecified atom stereocenters. The van der Waals surface area contributed by atoms with Gasteiger partial charge in [0.2, 0.25) is 5.91 Å². The summed E-state index contributed by atoms with van der Waals surface area (Å²) < 4.78 is 1.51. The van der Waals surface area contributed by atoms with Crippen molar-refractivity contribution in [3.8, 4) is 0 Å². The van der Waals surface area contributed by atoms with Crippen LogP contribution in [0.2, 0.25) is 0 Å². The van der Waals surface area contributed by atoms with E-state index in [-0.39, 0.29) is 42.0 Å². The lowest BCUT2D eigenvalue weighted by molar-refractivity contribution is -0.133. The van der Waals surface area contributed by atoms with Crippen LogP contribution in [0.25, 0.3) is 0 Å². The number of hydrogen-bond donors (Lipinski definition) is 2. The molecule has 35 heavy (non-hydrogen) atoms. The van der Waals surface area contributed by atoms with Crippen molar-refractivity contribution in [3.05, 3.63) is 53.3 Å². The van der Waals surface area contributed by atoms with Gasteiger partial charge in [-0.15, -0.1) is 0 Å². The molecule has 8 nitrogen and oxygen atoms in total. The van der Waals surface area contributed by atoms with E-state index in [0.29, 0.717) is 5.69 Å². The molecule has 1 aromatic heterocycles. The van der Waals surface area contributed by atoms with Gasteiger partial charge in [-0.05, 0) is 45.1 Å². The van der Waals surface area contributed by atoms with E-state index in [9.17, 15) is 14.4 Å². The maximum Gasteiger partial charge on any atom is 0.272 e. The smallest absolute Gasteiger partial charge is 0.272 e. The van der Waals surface area contributed by atoms with Gasteiger partial charge in [-0.1, -0.05) is 56.0 Å². The molecule has 0 saturated heterocycles. The van der Waals surface area contributed by atoms with Gasteiger partial charge in [0, 0.05) is 25.2 Å². The van der Waals surface area contributed by atoms with Crippen molar-refractivity contribution in [2.45, 2.75) is 89.4 Å². The predicted octanol–water partition coefficient (Wildman–Crippen LogP) is 3.32. The number of carbonyl (C=O) groups excluding carboxylic acids is 3. The standard InChI is InChI=1S/C27H37N5O3/c1-19(15-16-20-11-7-6-8-12-20)28-24(33)22-17-23-25(34)31(3)27(2,18-32(23)30-22)26(35)29-21-13-9-4-5-10-14-21/h6-8,11-12,17,19,21H,4-5,9-10,13-16,18H2,1-3H3,(H,28,33)(H,29,35)/t19-,27-/m1/s1. The van der Waals surface area contributed by atoms with E-state index in [4.69, 9.17) is 0 Å². The topological polar surface area (TPSA) is 96.3 Å². The van der Waals surface area contributed by atoms with E-state index in [1.54, 1.807) is 14.0 Å². The molecule has 1 aromatic carbocycles. The van der Waals surface area contributed by atoms with E-state index >= 15 is 0 Å². The van der Waals surface area contributed by atoms with Crippen molar-refractivity contribution in [2.24, 2.45) is 0 Å². The summed E-state index contributed by atoms with van der Waals surface area (Å²) in [4.78, 5) is 40.8. The Balaban J connectivity index is 1.41. The summed E-state index contributed by atoms with van der Waals surface area (Å²) in [6, 6.07) is 11.8. The Labute approximate surface area is 207 Å². The fraction of sp³-hybridized carbons (Fsp3) is 0.556. The van der Waals surface area contributed by atoms with Gasteiger partial charge in [0.25, 0.3) is 11.8 Å². The fourth-order valence-electron chi connectivity index (χ4n) is 5.00. The molecule has 2 N–H and O–H groups in total. The molecular formula is C27H37N5O3. The number of aryl methyl sites for hydroxylation is 1. The second-order valence-corrected chi connectivity index (χ2v) is 10.3. The van der Waals surface area contributed by atoms with Gasteiger partial charge in [0.1, 0.15) is 11.2 Å². The van der Waals surface area contributed by atoms with Gasteiger partial charge >= 0.3 is 0 Å². The maximum atomic E-state index is 13.3. The average molecular weight is 480 g/mol. The van der Waals surface area contributed by atoms with Gasteiger partial charge < -0.3 is 15.5 Å². The summed E-state index contributed by atoms with van der Waals surface area (Å²) in [5.74, 6) is -0.784. The molecule has 2 atom stereocenters. The second kappa shape index (κ2) is 10.6. The molecule has 1 fully saturated rings. The minimum atomic E-state index is -1.07. The van der Waals surface area contributed by atoms with Gasteiger partial charge in [0.05, 0.1) is 6.54 Å². The summed E-state index contributed by atoms with van der Waals surface area (Å²) in [5, 5.41) is 10.6. The third-order valence-electron chi connectivity index (χ3n) is 7.50. The predicted molar refractivity (Wildman–Crippen MR) is 134 cm³/mol. The van der Waals surface area contributed by atoms with E-state index in [2.05, 4.69) is 27.9 Å². The quantitative estimate of drug-likeness (QED) is 0.596. The lowest BCUT2D eigenvalue weighted by Gasteiger charge is -2.41. The minimum absolute atomic E-state index is 0.0459. The third-order valence-corrected chi connectivity index (χ3v) is 7.50. The van der Waals surface area contributed by atoms with Crippen molar-refractivity contribution in [3.63, 3.8) is 0 Å².